The fraction of sp³-hybridized carbons (Fsp3) is 0.529. The second kappa shape index (κ2) is 6.48. The quantitative estimate of drug-likeness (QED) is 0.567. The van der Waals surface area contributed by atoms with Crippen LogP contribution in [0.15, 0.2) is 28.3 Å². The van der Waals surface area contributed by atoms with Gasteiger partial charge in [-0.1, -0.05) is 24.6 Å². The van der Waals surface area contributed by atoms with Crippen LogP contribution in [0.1, 0.15) is 24.5 Å². The van der Waals surface area contributed by atoms with Gasteiger partial charge in [-0.25, -0.2) is 4.99 Å². The molecule has 1 aromatic carbocycles. The lowest BCUT2D eigenvalue weighted by Gasteiger charge is -2.33. The highest BCUT2D eigenvalue weighted by Crippen LogP contribution is 2.27. The van der Waals surface area contributed by atoms with Crippen LogP contribution in [-0.4, -0.2) is 42.6 Å². The van der Waals surface area contributed by atoms with Gasteiger partial charge in [0.15, 0.2) is 5.84 Å². The van der Waals surface area contributed by atoms with E-state index in [2.05, 4.69) is 47.4 Å². The molecule has 2 aliphatic heterocycles. The van der Waals surface area contributed by atoms with Crippen LogP contribution in [0.2, 0.25) is 0 Å². The van der Waals surface area contributed by atoms with E-state index in [1.54, 1.807) is 0 Å². The first kappa shape index (κ1) is 15.0. The predicted molar refractivity (Wildman–Crippen MR) is 91.8 cm³/mol. The molecule has 22 heavy (non-hydrogen) atoms. The Kier molecular flexibility index (Phi) is 4.43. The van der Waals surface area contributed by atoms with Crippen molar-refractivity contribution in [3.63, 3.8) is 0 Å². The topological polar surface area (TPSA) is 66.0 Å². The number of amidine groups is 1. The van der Waals surface area contributed by atoms with Gasteiger partial charge in [0.05, 0.1) is 5.69 Å². The highest BCUT2D eigenvalue weighted by Gasteiger charge is 2.26. The third kappa shape index (κ3) is 2.99. The van der Waals surface area contributed by atoms with E-state index < -0.39 is 0 Å². The summed E-state index contributed by atoms with van der Waals surface area (Å²) in [6, 6.07) is 6.50. The van der Waals surface area contributed by atoms with E-state index in [1.165, 1.54) is 11.1 Å². The van der Waals surface area contributed by atoms with Crippen molar-refractivity contribution < 1.29 is 0 Å². The highest BCUT2D eigenvalue weighted by atomic mass is 15.3. The number of piperazine rings is 1. The zero-order chi connectivity index (χ0) is 15.5. The maximum absolute atomic E-state index is 5.72. The van der Waals surface area contributed by atoms with Crippen molar-refractivity contribution in [2.75, 3.05) is 26.2 Å². The van der Waals surface area contributed by atoms with Gasteiger partial charge in [0.25, 0.3) is 0 Å². The molecule has 1 unspecified atom stereocenters. The van der Waals surface area contributed by atoms with Gasteiger partial charge in [-0.2, -0.15) is 5.10 Å². The minimum Gasteiger partial charge on any atom is -0.352 e. The Labute approximate surface area is 132 Å². The van der Waals surface area contributed by atoms with Crippen LogP contribution in [0.3, 0.4) is 0 Å². The molecule has 1 fully saturated rings. The van der Waals surface area contributed by atoms with Crippen molar-refractivity contribution in [3.8, 4) is 0 Å². The third-order valence-corrected chi connectivity index (χ3v) is 4.56. The molecule has 3 rings (SSSR count). The predicted octanol–water partition coefficient (Wildman–Crippen LogP) is 1.83. The molecule has 0 spiro atoms. The molecule has 0 bridgehead atoms. The fourth-order valence-electron chi connectivity index (χ4n) is 3.22. The molecule has 1 saturated heterocycles. The van der Waals surface area contributed by atoms with Crippen LogP contribution >= 0.6 is 0 Å². The van der Waals surface area contributed by atoms with Crippen molar-refractivity contribution in [3.05, 3.63) is 29.3 Å². The summed E-state index contributed by atoms with van der Waals surface area (Å²) in [5, 5.41) is 7.49. The number of aryl methyl sites for hydroxylation is 2. The number of nitrogens with two attached hydrogens (primary N) is 1. The van der Waals surface area contributed by atoms with Crippen molar-refractivity contribution in [1.29, 1.82) is 0 Å². The third-order valence-electron chi connectivity index (χ3n) is 4.56. The van der Waals surface area contributed by atoms with Gasteiger partial charge in [-0.05, 0) is 31.4 Å². The number of hydrogen-bond acceptors (Lipinski definition) is 5. The Morgan fingerprint density at radius 3 is 2.82 bits per heavy atom. The Morgan fingerprint density at radius 1 is 1.32 bits per heavy atom. The SMILES string of the molecule is Cc1ccc2c(c1)CCC(C)/C(=N\N)C(N1CCNCC1)=N2. The monoisotopic (exact) mass is 299 g/mol. The van der Waals surface area contributed by atoms with Crippen molar-refractivity contribution in [1.82, 2.24) is 10.2 Å². The first-order valence-corrected chi connectivity index (χ1v) is 8.11. The molecule has 1 atom stereocenters. The number of rotatable bonds is 0. The molecule has 2 aliphatic rings. The number of aliphatic imine (C=N–C) groups is 1. The van der Waals surface area contributed by atoms with Gasteiger partial charge >= 0.3 is 0 Å². The summed E-state index contributed by atoms with van der Waals surface area (Å²) >= 11 is 0. The number of hydrazone groups is 1. The van der Waals surface area contributed by atoms with E-state index in [1.807, 2.05) is 0 Å². The van der Waals surface area contributed by atoms with Gasteiger partial charge in [0.1, 0.15) is 5.71 Å². The van der Waals surface area contributed by atoms with Gasteiger partial charge in [-0.15, -0.1) is 0 Å². The Hall–Kier alpha value is -1.88. The van der Waals surface area contributed by atoms with Crippen LogP contribution in [0.5, 0.6) is 0 Å². The molecule has 1 aromatic rings. The molecule has 5 heteroatoms. The maximum Gasteiger partial charge on any atom is 0.153 e. The minimum absolute atomic E-state index is 0.326. The average molecular weight is 299 g/mol. The lowest BCUT2D eigenvalue weighted by atomic mass is 9.92. The normalized spacial score (nSPS) is 24.5. The zero-order valence-corrected chi connectivity index (χ0v) is 13.5. The van der Waals surface area contributed by atoms with Crippen LogP contribution in [0, 0.1) is 12.8 Å². The molecule has 0 saturated carbocycles. The van der Waals surface area contributed by atoms with Crippen molar-refractivity contribution in [2.24, 2.45) is 21.9 Å². The number of nitrogens with one attached hydrogen (secondary N) is 1. The average Bonchev–Trinajstić information content (AvgIpc) is 2.53. The summed E-state index contributed by atoms with van der Waals surface area (Å²) in [6.45, 7) is 8.19. The second-order valence-corrected chi connectivity index (χ2v) is 6.26. The molecule has 5 nitrogen and oxygen atoms in total. The van der Waals surface area contributed by atoms with Crippen LogP contribution < -0.4 is 11.2 Å². The van der Waals surface area contributed by atoms with Crippen molar-refractivity contribution in [2.45, 2.75) is 26.7 Å². The molecule has 3 N–H and O–H groups in total. The van der Waals surface area contributed by atoms with Crippen LogP contribution in [-0.2, 0) is 6.42 Å². The van der Waals surface area contributed by atoms with Crippen molar-refractivity contribution >= 4 is 17.2 Å². The van der Waals surface area contributed by atoms with E-state index in [9.17, 15) is 0 Å². The summed E-state index contributed by atoms with van der Waals surface area (Å²) < 4.78 is 0. The summed E-state index contributed by atoms with van der Waals surface area (Å²) in [5.41, 5.74) is 4.62. The zero-order valence-electron chi connectivity index (χ0n) is 13.5. The number of hydrogen-bond donors (Lipinski definition) is 2. The summed E-state index contributed by atoms with van der Waals surface area (Å²) in [5.74, 6) is 7.01. The van der Waals surface area contributed by atoms with E-state index in [0.717, 1.165) is 56.3 Å². The summed E-state index contributed by atoms with van der Waals surface area (Å²) in [7, 11) is 0. The smallest absolute Gasteiger partial charge is 0.153 e. The van der Waals surface area contributed by atoms with Gasteiger partial charge in [0, 0.05) is 32.1 Å². The minimum atomic E-state index is 0.326. The van der Waals surface area contributed by atoms with Crippen LogP contribution in [0.4, 0.5) is 5.69 Å². The van der Waals surface area contributed by atoms with E-state index in [4.69, 9.17) is 10.8 Å². The molecule has 118 valence electrons. The number of fused-ring (bicyclic) bond motifs is 1. The van der Waals surface area contributed by atoms with Gasteiger partial charge < -0.3 is 16.1 Å². The first-order chi connectivity index (χ1) is 10.7. The fourth-order valence-corrected chi connectivity index (χ4v) is 3.22. The number of nitrogens with zero attached hydrogens (tertiary/aromatic N) is 3. The van der Waals surface area contributed by atoms with E-state index in [0.29, 0.717) is 5.92 Å². The molecular weight excluding hydrogens is 274 g/mol. The molecule has 0 aliphatic carbocycles. The molecule has 0 radical (unpaired) electrons. The lowest BCUT2D eigenvalue weighted by molar-refractivity contribution is 0.359. The van der Waals surface area contributed by atoms with E-state index >= 15 is 0 Å². The standard InChI is InChI=1S/C17H25N5/c1-12-3-6-15-14(11-12)5-4-13(2)16(21-18)17(20-15)22-9-7-19-8-10-22/h3,6,11,13,19H,4-5,7-10,18H2,1-2H3/b20-17?,21-16+. The van der Waals surface area contributed by atoms with Gasteiger partial charge in [0.2, 0.25) is 0 Å². The molecule has 0 aromatic heterocycles. The Morgan fingerprint density at radius 2 is 2.09 bits per heavy atom. The lowest BCUT2D eigenvalue weighted by Crippen LogP contribution is -2.50. The second-order valence-electron chi connectivity index (χ2n) is 6.26. The highest BCUT2D eigenvalue weighted by molar-refractivity contribution is 6.42. The Balaban J connectivity index is 2.07. The Bertz CT molecular complexity index is 599. The summed E-state index contributed by atoms with van der Waals surface area (Å²) in [6.07, 6.45) is 2.08. The molecule has 2 heterocycles. The van der Waals surface area contributed by atoms with E-state index in [-0.39, 0.29) is 0 Å². The van der Waals surface area contributed by atoms with Crippen LogP contribution in [0.25, 0.3) is 0 Å². The van der Waals surface area contributed by atoms with Gasteiger partial charge in [-0.3, -0.25) is 0 Å². The molecular formula is C17H25N5. The maximum atomic E-state index is 5.72. The molecule has 0 amide bonds. The number of benzene rings is 1. The largest absolute Gasteiger partial charge is 0.352 e. The first-order valence-electron chi connectivity index (χ1n) is 8.11. The summed E-state index contributed by atoms with van der Waals surface area (Å²) in [4.78, 5) is 7.28.